The van der Waals surface area contributed by atoms with E-state index in [1.54, 1.807) is 0 Å². The van der Waals surface area contributed by atoms with Gasteiger partial charge >= 0.3 is 0 Å². The van der Waals surface area contributed by atoms with Gasteiger partial charge in [-0.15, -0.1) is 6.42 Å². The standard InChI is InChI=1S/C17H21N3O/c1-5-10-20-16(18)15(19-17(20)12(3)4)13-8-7-9-14(11-13)21-6-2/h1,7-9,11-12H,6,10,18H2,2-4H3. The Morgan fingerprint density at radius 3 is 2.81 bits per heavy atom. The van der Waals surface area contributed by atoms with Crippen molar-refractivity contribution in [2.75, 3.05) is 12.3 Å². The molecule has 1 aromatic carbocycles. The number of terminal acetylenes is 1. The Morgan fingerprint density at radius 2 is 2.19 bits per heavy atom. The van der Waals surface area contributed by atoms with E-state index in [0.29, 0.717) is 19.0 Å². The van der Waals surface area contributed by atoms with Gasteiger partial charge in [0.2, 0.25) is 0 Å². The van der Waals surface area contributed by atoms with Crippen LogP contribution in [0.25, 0.3) is 11.3 Å². The number of imidazole rings is 1. The molecule has 0 saturated carbocycles. The molecule has 1 heterocycles. The van der Waals surface area contributed by atoms with E-state index in [2.05, 4.69) is 24.8 Å². The number of ether oxygens (including phenoxy) is 1. The highest BCUT2D eigenvalue weighted by atomic mass is 16.5. The Kier molecular flexibility index (Phi) is 4.54. The summed E-state index contributed by atoms with van der Waals surface area (Å²) < 4.78 is 7.43. The largest absolute Gasteiger partial charge is 0.494 e. The van der Waals surface area contributed by atoms with Crippen molar-refractivity contribution in [3.05, 3.63) is 30.1 Å². The van der Waals surface area contributed by atoms with Crippen molar-refractivity contribution in [2.24, 2.45) is 0 Å². The molecule has 0 radical (unpaired) electrons. The highest BCUT2D eigenvalue weighted by Gasteiger charge is 2.18. The number of nitrogens with zero attached hydrogens (tertiary/aromatic N) is 2. The Balaban J connectivity index is 2.51. The lowest BCUT2D eigenvalue weighted by Crippen LogP contribution is -2.07. The third-order valence-electron chi connectivity index (χ3n) is 3.22. The topological polar surface area (TPSA) is 53.1 Å². The van der Waals surface area contributed by atoms with Crippen molar-refractivity contribution < 1.29 is 4.74 Å². The summed E-state index contributed by atoms with van der Waals surface area (Å²) in [6.45, 7) is 7.17. The van der Waals surface area contributed by atoms with E-state index in [0.717, 1.165) is 22.8 Å². The summed E-state index contributed by atoms with van der Waals surface area (Å²) in [5.74, 6) is 5.21. The lowest BCUT2D eigenvalue weighted by molar-refractivity contribution is 0.340. The molecule has 0 atom stereocenters. The second-order valence-corrected chi connectivity index (χ2v) is 5.11. The van der Waals surface area contributed by atoms with Gasteiger partial charge in [-0.2, -0.15) is 0 Å². The van der Waals surface area contributed by atoms with E-state index in [1.807, 2.05) is 35.8 Å². The molecule has 4 heteroatoms. The molecule has 0 aliphatic carbocycles. The van der Waals surface area contributed by atoms with Gasteiger partial charge in [-0.05, 0) is 19.1 Å². The maximum atomic E-state index is 6.25. The van der Waals surface area contributed by atoms with E-state index in [-0.39, 0.29) is 5.92 Å². The maximum Gasteiger partial charge on any atom is 0.132 e. The molecule has 2 N–H and O–H groups in total. The SMILES string of the molecule is C#CCn1c(C(C)C)nc(-c2cccc(OCC)c2)c1N. The number of nitrogen functional groups attached to an aromatic ring is 1. The molecular weight excluding hydrogens is 262 g/mol. The molecule has 2 aromatic rings. The normalized spacial score (nSPS) is 10.6. The Labute approximate surface area is 125 Å². The molecule has 0 amide bonds. The van der Waals surface area contributed by atoms with E-state index in [4.69, 9.17) is 16.9 Å². The zero-order valence-electron chi connectivity index (χ0n) is 12.8. The summed E-state index contributed by atoms with van der Waals surface area (Å²) in [6.07, 6.45) is 5.44. The second-order valence-electron chi connectivity index (χ2n) is 5.11. The molecular formula is C17H21N3O. The number of nitrogens with two attached hydrogens (primary N) is 1. The van der Waals surface area contributed by atoms with Crippen LogP contribution in [-0.4, -0.2) is 16.2 Å². The van der Waals surface area contributed by atoms with Gasteiger partial charge in [-0.1, -0.05) is 31.9 Å². The van der Waals surface area contributed by atoms with E-state index in [1.165, 1.54) is 0 Å². The minimum Gasteiger partial charge on any atom is -0.494 e. The number of rotatable bonds is 5. The molecule has 2 rings (SSSR count). The lowest BCUT2D eigenvalue weighted by Gasteiger charge is -2.08. The minimum atomic E-state index is 0.254. The van der Waals surface area contributed by atoms with Crippen molar-refractivity contribution in [2.45, 2.75) is 33.2 Å². The molecule has 21 heavy (non-hydrogen) atoms. The molecule has 4 nitrogen and oxygen atoms in total. The van der Waals surface area contributed by atoms with Gasteiger partial charge in [0.15, 0.2) is 0 Å². The summed E-state index contributed by atoms with van der Waals surface area (Å²) in [6, 6.07) is 7.79. The molecule has 0 unspecified atom stereocenters. The van der Waals surface area contributed by atoms with Crippen LogP contribution >= 0.6 is 0 Å². The summed E-state index contributed by atoms with van der Waals surface area (Å²) in [7, 11) is 0. The predicted molar refractivity (Wildman–Crippen MR) is 86.2 cm³/mol. The number of hydrogen-bond donors (Lipinski definition) is 1. The fourth-order valence-corrected chi connectivity index (χ4v) is 2.29. The third-order valence-corrected chi connectivity index (χ3v) is 3.22. The summed E-state index contributed by atoms with van der Waals surface area (Å²) in [5.41, 5.74) is 7.95. The van der Waals surface area contributed by atoms with Gasteiger partial charge in [0.05, 0.1) is 13.2 Å². The first-order valence-corrected chi connectivity index (χ1v) is 7.11. The highest BCUT2D eigenvalue weighted by Crippen LogP contribution is 2.31. The van der Waals surface area contributed by atoms with Crippen LogP contribution in [0.5, 0.6) is 5.75 Å². The summed E-state index contributed by atoms with van der Waals surface area (Å²) in [4.78, 5) is 4.69. The molecule has 1 aromatic heterocycles. The molecule has 0 aliphatic heterocycles. The Morgan fingerprint density at radius 1 is 1.43 bits per heavy atom. The number of anilines is 1. The fraction of sp³-hybridized carbons (Fsp3) is 0.353. The second kappa shape index (κ2) is 6.36. The molecule has 110 valence electrons. The fourth-order valence-electron chi connectivity index (χ4n) is 2.29. The van der Waals surface area contributed by atoms with Crippen molar-refractivity contribution in [3.8, 4) is 29.4 Å². The van der Waals surface area contributed by atoms with Crippen molar-refractivity contribution in [1.82, 2.24) is 9.55 Å². The minimum absolute atomic E-state index is 0.254. The van der Waals surface area contributed by atoms with Crippen LogP contribution in [0.1, 0.15) is 32.5 Å². The molecule has 0 aliphatic rings. The first-order chi connectivity index (χ1) is 10.1. The van der Waals surface area contributed by atoms with Crippen molar-refractivity contribution in [1.29, 1.82) is 0 Å². The Bertz CT molecular complexity index is 665. The summed E-state index contributed by atoms with van der Waals surface area (Å²) in [5, 5.41) is 0. The van der Waals surface area contributed by atoms with E-state index in [9.17, 15) is 0 Å². The van der Waals surface area contributed by atoms with Crippen molar-refractivity contribution in [3.63, 3.8) is 0 Å². The Hall–Kier alpha value is -2.41. The van der Waals surface area contributed by atoms with Crippen LogP contribution in [0, 0.1) is 12.3 Å². The summed E-state index contributed by atoms with van der Waals surface area (Å²) >= 11 is 0. The van der Waals surface area contributed by atoms with Gasteiger partial charge in [0.1, 0.15) is 23.1 Å². The third kappa shape index (κ3) is 3.03. The highest BCUT2D eigenvalue weighted by molar-refractivity contribution is 5.72. The zero-order valence-corrected chi connectivity index (χ0v) is 12.8. The smallest absolute Gasteiger partial charge is 0.132 e. The van der Waals surface area contributed by atoms with Crippen molar-refractivity contribution >= 4 is 5.82 Å². The first-order valence-electron chi connectivity index (χ1n) is 7.11. The molecule has 0 spiro atoms. The molecule has 0 fully saturated rings. The van der Waals surface area contributed by atoms with E-state index < -0.39 is 0 Å². The molecule has 0 saturated heterocycles. The van der Waals surface area contributed by atoms with Crippen LogP contribution in [-0.2, 0) is 6.54 Å². The van der Waals surface area contributed by atoms with Gasteiger partial charge in [-0.3, -0.25) is 0 Å². The van der Waals surface area contributed by atoms with Gasteiger partial charge < -0.3 is 15.0 Å². The number of hydrogen-bond acceptors (Lipinski definition) is 3. The maximum absolute atomic E-state index is 6.25. The van der Waals surface area contributed by atoms with Crippen LogP contribution in [0.3, 0.4) is 0 Å². The van der Waals surface area contributed by atoms with Crippen LogP contribution in [0.4, 0.5) is 5.82 Å². The van der Waals surface area contributed by atoms with Gasteiger partial charge in [0.25, 0.3) is 0 Å². The predicted octanol–water partition coefficient (Wildman–Crippen LogP) is 3.29. The quantitative estimate of drug-likeness (QED) is 0.857. The first kappa shape index (κ1) is 15.0. The monoisotopic (exact) mass is 283 g/mol. The van der Waals surface area contributed by atoms with E-state index >= 15 is 0 Å². The lowest BCUT2D eigenvalue weighted by atomic mass is 10.1. The molecule has 0 bridgehead atoms. The van der Waals surface area contributed by atoms with Gasteiger partial charge in [0, 0.05) is 11.5 Å². The van der Waals surface area contributed by atoms with Crippen LogP contribution < -0.4 is 10.5 Å². The zero-order chi connectivity index (χ0) is 15.4. The average Bonchev–Trinajstić information content (AvgIpc) is 2.78. The average molecular weight is 283 g/mol. The van der Waals surface area contributed by atoms with Gasteiger partial charge in [-0.25, -0.2) is 4.98 Å². The van der Waals surface area contributed by atoms with Crippen LogP contribution in [0.2, 0.25) is 0 Å². The van der Waals surface area contributed by atoms with Crippen LogP contribution in [0.15, 0.2) is 24.3 Å². The number of aromatic nitrogens is 2. The number of benzene rings is 1.